The number of hydrogen-bond acceptors (Lipinski definition) is 5. The SMILES string of the molecule is O=C(Nc1ccc(Cl)c(F)c1)OCC12CC(NC(=O)C3CNc4cc(Cl)ccc4O3)(C1)C2. The van der Waals surface area contributed by atoms with Crippen molar-refractivity contribution in [2.24, 2.45) is 5.41 Å². The minimum atomic E-state index is -0.657. The zero-order chi connectivity index (χ0) is 22.5. The van der Waals surface area contributed by atoms with Gasteiger partial charge in [0.25, 0.3) is 5.91 Å². The number of ether oxygens (including phenoxy) is 2. The summed E-state index contributed by atoms with van der Waals surface area (Å²) in [6, 6.07) is 9.19. The van der Waals surface area contributed by atoms with Gasteiger partial charge in [-0.3, -0.25) is 10.1 Å². The molecule has 3 fully saturated rings. The summed E-state index contributed by atoms with van der Waals surface area (Å²) in [5.74, 6) is -0.198. The van der Waals surface area contributed by atoms with Gasteiger partial charge in [-0.25, -0.2) is 9.18 Å². The number of nitrogens with one attached hydrogen (secondary N) is 3. The van der Waals surface area contributed by atoms with E-state index in [1.54, 1.807) is 18.2 Å². The normalized spacial score (nSPS) is 26.9. The van der Waals surface area contributed by atoms with Gasteiger partial charge in [0.15, 0.2) is 6.10 Å². The van der Waals surface area contributed by atoms with Gasteiger partial charge in [-0.2, -0.15) is 0 Å². The van der Waals surface area contributed by atoms with Gasteiger partial charge in [0.05, 0.1) is 23.9 Å². The van der Waals surface area contributed by atoms with Crippen molar-refractivity contribution in [2.75, 3.05) is 23.8 Å². The molecular weight excluding hydrogens is 460 g/mol. The lowest BCUT2D eigenvalue weighted by atomic mass is 9.39. The van der Waals surface area contributed by atoms with Gasteiger partial charge in [0.2, 0.25) is 0 Å². The number of hydrogen-bond donors (Lipinski definition) is 3. The number of amides is 2. The number of benzene rings is 2. The number of carbonyl (C=O) groups excluding carboxylic acids is 2. The Balaban J connectivity index is 1.07. The smallest absolute Gasteiger partial charge is 0.411 e. The quantitative estimate of drug-likeness (QED) is 0.583. The molecule has 2 amide bonds. The zero-order valence-electron chi connectivity index (χ0n) is 16.8. The van der Waals surface area contributed by atoms with Crippen molar-refractivity contribution < 1.29 is 23.5 Å². The molecule has 3 N–H and O–H groups in total. The Labute approximate surface area is 193 Å². The Kier molecular flexibility index (Phi) is 5.09. The molecule has 3 aliphatic carbocycles. The highest BCUT2D eigenvalue weighted by Gasteiger charge is 2.69. The summed E-state index contributed by atoms with van der Waals surface area (Å²) in [5, 5.41) is 9.32. The summed E-state index contributed by atoms with van der Waals surface area (Å²) in [4.78, 5) is 24.7. The highest BCUT2D eigenvalue weighted by atomic mass is 35.5. The van der Waals surface area contributed by atoms with Crippen LogP contribution in [0.2, 0.25) is 10.0 Å². The first-order valence-corrected chi connectivity index (χ1v) is 10.9. The predicted molar refractivity (Wildman–Crippen MR) is 118 cm³/mol. The van der Waals surface area contributed by atoms with Crippen LogP contribution in [-0.4, -0.2) is 36.8 Å². The Morgan fingerprint density at radius 2 is 1.97 bits per heavy atom. The lowest BCUT2D eigenvalue weighted by molar-refractivity contribution is -0.184. The standard InChI is InChI=1S/C22H20Cl2FN3O4/c23-12-1-4-17-16(5-12)26-7-18(32-17)19(29)28-22-8-21(9-22,10-22)11-31-20(30)27-13-2-3-14(24)15(25)6-13/h1-6,18,26H,7-11H2,(H,27,30)(H,28,29). The van der Waals surface area contributed by atoms with Gasteiger partial charge in [-0.05, 0) is 55.7 Å². The molecule has 1 aliphatic heterocycles. The third-order valence-corrected chi connectivity index (χ3v) is 6.73. The molecule has 4 aliphatic rings. The minimum absolute atomic E-state index is 0.0202. The second-order valence-corrected chi connectivity index (χ2v) is 9.60. The average molecular weight is 480 g/mol. The van der Waals surface area contributed by atoms with Gasteiger partial charge in [0, 0.05) is 21.7 Å². The summed E-state index contributed by atoms with van der Waals surface area (Å²) in [5.41, 5.74) is 0.649. The van der Waals surface area contributed by atoms with E-state index in [1.165, 1.54) is 12.1 Å². The van der Waals surface area contributed by atoms with Gasteiger partial charge >= 0.3 is 6.09 Å². The molecule has 1 heterocycles. The monoisotopic (exact) mass is 479 g/mol. The topological polar surface area (TPSA) is 88.7 Å². The van der Waals surface area contributed by atoms with Crippen molar-refractivity contribution in [1.82, 2.24) is 5.32 Å². The fraction of sp³-hybridized carbons (Fsp3) is 0.364. The summed E-state index contributed by atoms with van der Waals surface area (Å²) < 4.78 is 24.6. The van der Waals surface area contributed by atoms with E-state index < -0.39 is 18.0 Å². The summed E-state index contributed by atoms with van der Waals surface area (Å²) >= 11 is 11.6. The highest BCUT2D eigenvalue weighted by Crippen LogP contribution is 2.67. The van der Waals surface area contributed by atoms with Crippen LogP contribution in [-0.2, 0) is 9.53 Å². The molecule has 10 heteroatoms. The van der Waals surface area contributed by atoms with Crippen LogP contribution in [0.3, 0.4) is 0 Å². The maximum absolute atomic E-state index is 13.5. The fourth-order valence-electron chi connectivity index (χ4n) is 4.86. The van der Waals surface area contributed by atoms with Crippen molar-refractivity contribution in [3.63, 3.8) is 0 Å². The van der Waals surface area contributed by atoms with Crippen molar-refractivity contribution in [3.05, 3.63) is 52.3 Å². The maximum atomic E-state index is 13.5. The molecule has 1 unspecified atom stereocenters. The molecule has 2 aromatic carbocycles. The second-order valence-electron chi connectivity index (χ2n) is 8.76. The largest absolute Gasteiger partial charge is 0.477 e. The first-order valence-electron chi connectivity index (χ1n) is 10.2. The third kappa shape index (κ3) is 3.93. The van der Waals surface area contributed by atoms with Crippen molar-refractivity contribution in [1.29, 1.82) is 0 Å². The molecule has 2 aromatic rings. The van der Waals surface area contributed by atoms with E-state index in [0.717, 1.165) is 31.0 Å². The van der Waals surface area contributed by atoms with Gasteiger partial charge in [0.1, 0.15) is 11.6 Å². The van der Waals surface area contributed by atoms with E-state index in [1.807, 2.05) is 0 Å². The van der Waals surface area contributed by atoms with Gasteiger partial charge < -0.3 is 20.1 Å². The second kappa shape index (κ2) is 7.71. The predicted octanol–water partition coefficient (Wildman–Crippen LogP) is 4.59. The van der Waals surface area contributed by atoms with E-state index in [2.05, 4.69) is 16.0 Å². The first-order chi connectivity index (χ1) is 15.2. The van der Waals surface area contributed by atoms with Crippen LogP contribution in [0.25, 0.3) is 0 Å². The van der Waals surface area contributed by atoms with Crippen molar-refractivity contribution in [2.45, 2.75) is 30.9 Å². The van der Waals surface area contributed by atoms with E-state index in [4.69, 9.17) is 32.7 Å². The van der Waals surface area contributed by atoms with E-state index >= 15 is 0 Å². The molecule has 0 aromatic heterocycles. The zero-order valence-corrected chi connectivity index (χ0v) is 18.4. The highest BCUT2D eigenvalue weighted by molar-refractivity contribution is 6.31. The molecular formula is C22H20Cl2FN3O4. The minimum Gasteiger partial charge on any atom is -0.477 e. The average Bonchev–Trinajstić information content (AvgIpc) is 2.71. The Bertz CT molecular complexity index is 1090. The third-order valence-electron chi connectivity index (χ3n) is 6.19. The number of fused-ring (bicyclic) bond motifs is 1. The van der Waals surface area contributed by atoms with Crippen LogP contribution in [0.5, 0.6) is 5.75 Å². The van der Waals surface area contributed by atoms with Crippen LogP contribution in [0, 0.1) is 11.2 Å². The van der Waals surface area contributed by atoms with E-state index in [-0.39, 0.29) is 34.2 Å². The van der Waals surface area contributed by atoms with Crippen LogP contribution >= 0.6 is 23.2 Å². The molecule has 3 saturated carbocycles. The maximum Gasteiger partial charge on any atom is 0.411 e. The van der Waals surface area contributed by atoms with Crippen LogP contribution in [0.15, 0.2) is 36.4 Å². The lowest BCUT2D eigenvalue weighted by Crippen LogP contribution is -2.77. The Morgan fingerprint density at radius 1 is 1.19 bits per heavy atom. The summed E-state index contributed by atoms with van der Waals surface area (Å²) in [6.07, 6.45) is 0.924. The van der Waals surface area contributed by atoms with E-state index in [0.29, 0.717) is 17.3 Å². The molecule has 1 atom stereocenters. The number of rotatable bonds is 5. The molecule has 32 heavy (non-hydrogen) atoms. The number of carbonyl (C=O) groups is 2. The number of anilines is 2. The van der Waals surface area contributed by atoms with Crippen LogP contribution < -0.4 is 20.7 Å². The molecule has 0 spiro atoms. The van der Waals surface area contributed by atoms with Crippen molar-refractivity contribution >= 4 is 46.6 Å². The van der Waals surface area contributed by atoms with Crippen LogP contribution in [0.1, 0.15) is 19.3 Å². The summed E-state index contributed by atoms with van der Waals surface area (Å²) in [6.45, 7) is 0.594. The van der Waals surface area contributed by atoms with Crippen molar-refractivity contribution in [3.8, 4) is 5.75 Å². The molecule has 2 bridgehead atoms. The van der Waals surface area contributed by atoms with Crippen LogP contribution in [0.4, 0.5) is 20.6 Å². The molecule has 0 radical (unpaired) electrons. The van der Waals surface area contributed by atoms with E-state index in [9.17, 15) is 14.0 Å². The molecule has 0 saturated heterocycles. The Morgan fingerprint density at radius 3 is 2.72 bits per heavy atom. The Hall–Kier alpha value is -2.71. The van der Waals surface area contributed by atoms with Gasteiger partial charge in [-0.1, -0.05) is 23.2 Å². The summed E-state index contributed by atoms with van der Waals surface area (Å²) in [7, 11) is 0. The fourth-order valence-corrected chi connectivity index (χ4v) is 5.15. The molecule has 6 rings (SSSR count). The van der Waals surface area contributed by atoms with Gasteiger partial charge in [-0.15, -0.1) is 0 Å². The molecule has 168 valence electrons. The number of halogens is 3. The lowest BCUT2D eigenvalue weighted by Gasteiger charge is -2.70. The first kappa shape index (κ1) is 21.2. The molecule has 7 nitrogen and oxygen atoms in total.